The molecule has 2 aromatic carbocycles. The number of nitrogens with one attached hydrogen (secondary N) is 3. The Morgan fingerprint density at radius 1 is 1.04 bits per heavy atom. The highest BCUT2D eigenvalue weighted by Gasteiger charge is 2.40. The maximum atomic E-state index is 4.97. The van der Waals surface area contributed by atoms with Gasteiger partial charge in [0.2, 0.25) is 0 Å². The predicted molar refractivity (Wildman–Crippen MR) is 100 cm³/mol. The molecule has 3 N–H and O–H groups in total. The molecule has 2 heterocycles. The van der Waals surface area contributed by atoms with Crippen molar-refractivity contribution in [3.8, 4) is 0 Å². The number of nitrogens with zero attached hydrogens (tertiary/aromatic N) is 1. The molecule has 0 amide bonds. The fourth-order valence-corrected chi connectivity index (χ4v) is 3.54. The van der Waals surface area contributed by atoms with Crippen LogP contribution in [0.4, 0.5) is 11.4 Å². The van der Waals surface area contributed by atoms with Crippen LogP contribution >= 0.6 is 0 Å². The Bertz CT molecular complexity index is 742. The molecule has 0 saturated carbocycles. The van der Waals surface area contributed by atoms with Crippen molar-refractivity contribution in [3.63, 3.8) is 0 Å². The summed E-state index contributed by atoms with van der Waals surface area (Å²) in [4.78, 5) is 4.97. The van der Waals surface area contributed by atoms with Gasteiger partial charge in [-0.1, -0.05) is 42.0 Å². The van der Waals surface area contributed by atoms with E-state index in [9.17, 15) is 0 Å². The van der Waals surface area contributed by atoms with Crippen LogP contribution < -0.4 is 16.0 Å². The first kappa shape index (κ1) is 15.2. The molecule has 1 saturated heterocycles. The summed E-state index contributed by atoms with van der Waals surface area (Å²) in [5, 5.41) is 10.9. The highest BCUT2D eigenvalue weighted by atomic mass is 15.2. The molecule has 1 fully saturated rings. The van der Waals surface area contributed by atoms with E-state index in [1.807, 2.05) is 6.07 Å². The minimum absolute atomic E-state index is 0.0791. The van der Waals surface area contributed by atoms with Gasteiger partial charge in [0.05, 0.1) is 16.9 Å². The standard InChI is InChI=1S/C20H24N4/c1-15-6-8-16(9-7-15)14-22-19-20(10-12-21-13-11-20)24-18-5-3-2-4-17(18)23-19/h2-9,21,24H,10-14H2,1H3,(H,22,23). The number of para-hydroxylation sites is 2. The van der Waals surface area contributed by atoms with Crippen molar-refractivity contribution in [3.05, 3.63) is 59.7 Å². The van der Waals surface area contributed by atoms with E-state index in [1.54, 1.807) is 0 Å². The first-order valence-corrected chi connectivity index (χ1v) is 8.72. The highest BCUT2D eigenvalue weighted by molar-refractivity contribution is 6.00. The highest BCUT2D eigenvalue weighted by Crippen LogP contribution is 2.36. The third-order valence-corrected chi connectivity index (χ3v) is 5.00. The van der Waals surface area contributed by atoms with Crippen LogP contribution in [0.15, 0.2) is 53.5 Å². The number of fused-ring (bicyclic) bond motifs is 1. The second kappa shape index (κ2) is 6.29. The Balaban J connectivity index is 1.61. The molecular weight excluding hydrogens is 296 g/mol. The van der Waals surface area contributed by atoms with Crippen molar-refractivity contribution < 1.29 is 0 Å². The van der Waals surface area contributed by atoms with Gasteiger partial charge in [-0.2, -0.15) is 0 Å². The van der Waals surface area contributed by atoms with Gasteiger partial charge in [-0.3, -0.25) is 0 Å². The third-order valence-electron chi connectivity index (χ3n) is 5.00. The summed E-state index contributed by atoms with van der Waals surface area (Å²) in [5.41, 5.74) is 4.66. The van der Waals surface area contributed by atoms with Gasteiger partial charge in [-0.05, 0) is 50.6 Å². The maximum absolute atomic E-state index is 4.97. The molecule has 2 aromatic rings. The number of benzene rings is 2. The first-order chi connectivity index (χ1) is 11.8. The van der Waals surface area contributed by atoms with Crippen LogP contribution in [-0.4, -0.2) is 24.5 Å². The summed E-state index contributed by atoms with van der Waals surface area (Å²) in [5.74, 6) is 1.07. The molecule has 0 radical (unpaired) electrons. The molecule has 124 valence electrons. The van der Waals surface area contributed by atoms with Crippen molar-refractivity contribution in [1.82, 2.24) is 10.6 Å². The lowest BCUT2D eigenvalue weighted by atomic mass is 9.85. The Kier molecular flexibility index (Phi) is 3.98. The topological polar surface area (TPSA) is 48.5 Å². The van der Waals surface area contributed by atoms with Gasteiger partial charge < -0.3 is 16.0 Å². The molecule has 2 aliphatic heterocycles. The summed E-state index contributed by atoms with van der Waals surface area (Å²) >= 11 is 0. The molecule has 24 heavy (non-hydrogen) atoms. The molecule has 0 atom stereocenters. The van der Waals surface area contributed by atoms with E-state index in [0.717, 1.165) is 49.7 Å². The number of hydrogen-bond donors (Lipinski definition) is 3. The number of anilines is 1. The van der Waals surface area contributed by atoms with Crippen LogP contribution in [0.3, 0.4) is 0 Å². The number of aryl methyl sites for hydroxylation is 1. The van der Waals surface area contributed by atoms with E-state index in [2.05, 4.69) is 65.3 Å². The lowest BCUT2D eigenvalue weighted by Crippen LogP contribution is -2.58. The Hall–Kier alpha value is -2.33. The van der Waals surface area contributed by atoms with Crippen LogP contribution in [0.2, 0.25) is 0 Å². The van der Waals surface area contributed by atoms with E-state index in [0.29, 0.717) is 0 Å². The van der Waals surface area contributed by atoms with Gasteiger partial charge in [-0.15, -0.1) is 0 Å². The first-order valence-electron chi connectivity index (χ1n) is 8.72. The third kappa shape index (κ3) is 2.89. The summed E-state index contributed by atoms with van der Waals surface area (Å²) < 4.78 is 0. The molecule has 0 bridgehead atoms. The SMILES string of the molecule is Cc1ccc(CNC2=Nc3ccccc3NC23CCNCC3)cc1. The largest absolute Gasteiger partial charge is 0.371 e. The minimum Gasteiger partial charge on any atom is -0.371 e. The van der Waals surface area contributed by atoms with Crippen molar-refractivity contribution in [2.45, 2.75) is 31.8 Å². The molecular formula is C20H24N4. The molecule has 4 heteroatoms. The van der Waals surface area contributed by atoms with Crippen molar-refractivity contribution >= 4 is 17.2 Å². The van der Waals surface area contributed by atoms with Crippen molar-refractivity contribution in [2.75, 3.05) is 18.4 Å². The van der Waals surface area contributed by atoms with Gasteiger partial charge in [0.25, 0.3) is 0 Å². The van der Waals surface area contributed by atoms with E-state index in [-0.39, 0.29) is 5.54 Å². The van der Waals surface area contributed by atoms with E-state index in [4.69, 9.17) is 4.99 Å². The average molecular weight is 320 g/mol. The average Bonchev–Trinajstić information content (AvgIpc) is 2.62. The maximum Gasteiger partial charge on any atom is 0.128 e. The number of amidine groups is 1. The fraction of sp³-hybridized carbons (Fsp3) is 0.350. The quantitative estimate of drug-likeness (QED) is 0.795. The van der Waals surface area contributed by atoms with Crippen molar-refractivity contribution in [1.29, 1.82) is 0 Å². The van der Waals surface area contributed by atoms with Crippen LogP contribution in [0.25, 0.3) is 0 Å². The fourth-order valence-electron chi connectivity index (χ4n) is 3.54. The summed E-state index contributed by atoms with van der Waals surface area (Å²) in [6, 6.07) is 17.0. The Morgan fingerprint density at radius 3 is 2.58 bits per heavy atom. The zero-order chi connectivity index (χ0) is 16.4. The summed E-state index contributed by atoms with van der Waals surface area (Å²) in [6.45, 7) is 4.95. The number of piperidine rings is 1. The molecule has 0 aliphatic carbocycles. The van der Waals surface area contributed by atoms with Gasteiger partial charge in [0, 0.05) is 6.54 Å². The number of rotatable bonds is 2. The molecule has 4 nitrogen and oxygen atoms in total. The molecule has 0 aromatic heterocycles. The predicted octanol–water partition coefficient (Wildman–Crippen LogP) is 3.36. The number of aliphatic imine (C=N–C) groups is 1. The Labute approximate surface area is 143 Å². The van der Waals surface area contributed by atoms with Crippen LogP contribution in [0.5, 0.6) is 0 Å². The van der Waals surface area contributed by atoms with Crippen molar-refractivity contribution in [2.24, 2.45) is 4.99 Å². The Morgan fingerprint density at radius 2 is 1.79 bits per heavy atom. The van der Waals surface area contributed by atoms with Crippen LogP contribution in [0.1, 0.15) is 24.0 Å². The van der Waals surface area contributed by atoms with Gasteiger partial charge in [0.15, 0.2) is 0 Å². The van der Waals surface area contributed by atoms with Crippen LogP contribution in [-0.2, 0) is 6.54 Å². The molecule has 1 spiro atoms. The second-order valence-electron chi connectivity index (χ2n) is 6.77. The van der Waals surface area contributed by atoms with E-state index >= 15 is 0 Å². The van der Waals surface area contributed by atoms with E-state index < -0.39 is 0 Å². The summed E-state index contributed by atoms with van der Waals surface area (Å²) in [6.07, 6.45) is 2.09. The van der Waals surface area contributed by atoms with E-state index in [1.165, 1.54) is 11.1 Å². The second-order valence-corrected chi connectivity index (χ2v) is 6.77. The normalized spacial score (nSPS) is 18.5. The van der Waals surface area contributed by atoms with Gasteiger partial charge in [-0.25, -0.2) is 4.99 Å². The van der Waals surface area contributed by atoms with Gasteiger partial charge in [0.1, 0.15) is 5.84 Å². The lowest BCUT2D eigenvalue weighted by Gasteiger charge is -2.43. The summed E-state index contributed by atoms with van der Waals surface area (Å²) in [7, 11) is 0. The monoisotopic (exact) mass is 320 g/mol. The molecule has 2 aliphatic rings. The van der Waals surface area contributed by atoms with Gasteiger partial charge >= 0.3 is 0 Å². The van der Waals surface area contributed by atoms with Crippen LogP contribution in [0, 0.1) is 6.92 Å². The minimum atomic E-state index is -0.0791. The zero-order valence-electron chi connectivity index (χ0n) is 14.1. The lowest BCUT2D eigenvalue weighted by molar-refractivity contribution is 0.412. The zero-order valence-corrected chi connectivity index (χ0v) is 14.1. The molecule has 4 rings (SSSR count). The number of hydrogen-bond acceptors (Lipinski definition) is 4. The smallest absolute Gasteiger partial charge is 0.128 e. The molecule has 0 unspecified atom stereocenters.